The third-order valence-corrected chi connectivity index (χ3v) is 2.40. The average Bonchev–Trinajstić information content (AvgIpc) is 2.46. The monoisotopic (exact) mass is 255 g/mol. The average molecular weight is 255 g/mol. The fourth-order valence-electron chi connectivity index (χ4n) is 1.41. The number of allylic oxidation sites excluding steroid dienone is 1. The first-order valence-electron chi connectivity index (χ1n) is 5.62. The number of hydrogen-bond acceptors (Lipinski definition) is 5. The van der Waals surface area contributed by atoms with Gasteiger partial charge < -0.3 is 10.1 Å². The number of benzene rings is 1. The van der Waals surface area contributed by atoms with E-state index in [1.165, 1.54) is 13.3 Å². The summed E-state index contributed by atoms with van der Waals surface area (Å²) >= 11 is 0. The maximum absolute atomic E-state index is 11.0. The molecule has 0 aliphatic rings. The van der Waals surface area contributed by atoms with Gasteiger partial charge in [-0.05, 0) is 24.1 Å². The predicted molar refractivity (Wildman–Crippen MR) is 69.7 cm³/mol. The summed E-state index contributed by atoms with van der Waals surface area (Å²) in [6.07, 6.45) is 2.24. The zero-order chi connectivity index (χ0) is 14.1. The lowest BCUT2D eigenvalue weighted by Crippen LogP contribution is -2.02. The molecule has 5 heteroatoms. The molecule has 0 amide bonds. The van der Waals surface area contributed by atoms with Crippen LogP contribution in [0.25, 0.3) is 0 Å². The third kappa shape index (κ3) is 4.93. The first-order chi connectivity index (χ1) is 9.19. The maximum Gasteiger partial charge on any atom is 0.305 e. The Kier molecular flexibility index (Phi) is 5.65. The molecular weight excluding hydrogens is 242 g/mol. The van der Waals surface area contributed by atoms with Crippen molar-refractivity contribution >= 4 is 11.7 Å². The van der Waals surface area contributed by atoms with Gasteiger partial charge >= 0.3 is 5.97 Å². The number of nitrogens with zero attached hydrogens (tertiary/aromatic N) is 2. The van der Waals surface area contributed by atoms with Crippen LogP contribution in [-0.4, -0.2) is 13.1 Å². The number of esters is 1. The predicted octanol–water partition coefficient (Wildman–Crippen LogP) is 2.14. The molecular formula is C14H13N3O2. The number of methoxy groups -OCH3 is 1. The lowest BCUT2D eigenvalue weighted by atomic mass is 10.1. The van der Waals surface area contributed by atoms with Gasteiger partial charge in [0.25, 0.3) is 0 Å². The number of hydrogen-bond donors (Lipinski definition) is 1. The lowest BCUT2D eigenvalue weighted by molar-refractivity contribution is -0.140. The summed E-state index contributed by atoms with van der Waals surface area (Å²) in [6.45, 7) is 0. The number of rotatable bonds is 5. The molecule has 1 N–H and O–H groups in total. The number of carbonyl (C=O) groups excluding carboxylic acids is 1. The fourth-order valence-corrected chi connectivity index (χ4v) is 1.41. The molecule has 0 aliphatic carbocycles. The second kappa shape index (κ2) is 7.52. The van der Waals surface area contributed by atoms with Crippen molar-refractivity contribution in [3.8, 4) is 12.1 Å². The third-order valence-electron chi connectivity index (χ3n) is 2.40. The zero-order valence-electron chi connectivity index (χ0n) is 10.5. The van der Waals surface area contributed by atoms with Gasteiger partial charge in [-0.2, -0.15) is 10.5 Å². The molecule has 0 unspecified atom stereocenters. The van der Waals surface area contributed by atoms with E-state index in [-0.39, 0.29) is 11.5 Å². The number of carbonyl (C=O) groups is 1. The summed E-state index contributed by atoms with van der Waals surface area (Å²) in [4.78, 5) is 11.0. The van der Waals surface area contributed by atoms with E-state index in [9.17, 15) is 4.79 Å². The Morgan fingerprint density at radius 2 is 2.16 bits per heavy atom. The van der Waals surface area contributed by atoms with Crippen molar-refractivity contribution in [1.82, 2.24) is 0 Å². The molecule has 0 heterocycles. The smallest absolute Gasteiger partial charge is 0.305 e. The molecule has 19 heavy (non-hydrogen) atoms. The van der Waals surface area contributed by atoms with E-state index in [1.807, 2.05) is 24.3 Å². The summed E-state index contributed by atoms with van der Waals surface area (Å²) in [7, 11) is 1.36. The molecule has 0 aromatic heterocycles. The Balaban J connectivity index is 2.68. The van der Waals surface area contributed by atoms with Crippen LogP contribution in [-0.2, 0) is 16.0 Å². The molecule has 0 radical (unpaired) electrons. The van der Waals surface area contributed by atoms with Crippen LogP contribution in [0.4, 0.5) is 5.69 Å². The molecule has 0 spiro atoms. The second-order valence-electron chi connectivity index (χ2n) is 3.70. The van der Waals surface area contributed by atoms with E-state index < -0.39 is 0 Å². The van der Waals surface area contributed by atoms with Crippen molar-refractivity contribution in [3.63, 3.8) is 0 Å². The standard InChI is InChI=1S/C14H13N3O2/c1-19-14(18)6-5-11-3-2-4-13(7-11)17-10-12(8-15)9-16/h2-4,7,10,17H,5-6H2,1H3. The van der Waals surface area contributed by atoms with E-state index in [0.717, 1.165) is 11.3 Å². The van der Waals surface area contributed by atoms with Gasteiger partial charge in [0.15, 0.2) is 0 Å². The summed E-state index contributed by atoms with van der Waals surface area (Å²) in [6, 6.07) is 10.9. The van der Waals surface area contributed by atoms with Crippen LogP contribution in [0.1, 0.15) is 12.0 Å². The zero-order valence-corrected chi connectivity index (χ0v) is 10.5. The first kappa shape index (κ1) is 14.3. The molecule has 1 aromatic rings. The molecule has 0 saturated heterocycles. The minimum Gasteiger partial charge on any atom is -0.469 e. The van der Waals surface area contributed by atoms with E-state index in [2.05, 4.69) is 10.1 Å². The van der Waals surface area contributed by atoms with E-state index in [0.29, 0.717) is 12.8 Å². The number of anilines is 1. The Hall–Kier alpha value is -2.79. The van der Waals surface area contributed by atoms with Crippen molar-refractivity contribution in [2.75, 3.05) is 12.4 Å². The summed E-state index contributed by atoms with van der Waals surface area (Å²) in [5, 5.41) is 20.1. The van der Waals surface area contributed by atoms with Gasteiger partial charge in [-0.15, -0.1) is 0 Å². The molecule has 0 saturated carbocycles. The highest BCUT2D eigenvalue weighted by atomic mass is 16.5. The van der Waals surface area contributed by atoms with Crippen molar-refractivity contribution in [1.29, 1.82) is 10.5 Å². The summed E-state index contributed by atoms with van der Waals surface area (Å²) in [5.74, 6) is -0.255. The number of aryl methyl sites for hydroxylation is 1. The van der Waals surface area contributed by atoms with Gasteiger partial charge in [0.1, 0.15) is 17.7 Å². The van der Waals surface area contributed by atoms with Crippen LogP contribution in [0.5, 0.6) is 0 Å². The summed E-state index contributed by atoms with van der Waals surface area (Å²) in [5.41, 5.74) is 1.73. The SMILES string of the molecule is COC(=O)CCc1cccc(NC=C(C#N)C#N)c1. The van der Waals surface area contributed by atoms with Gasteiger partial charge in [0.05, 0.1) is 7.11 Å². The number of ether oxygens (including phenoxy) is 1. The van der Waals surface area contributed by atoms with Crippen LogP contribution in [0.3, 0.4) is 0 Å². The van der Waals surface area contributed by atoms with Gasteiger partial charge in [-0.3, -0.25) is 4.79 Å². The topological polar surface area (TPSA) is 85.9 Å². The Bertz CT molecular complexity index is 549. The minimum atomic E-state index is -0.255. The molecule has 1 rings (SSSR count). The number of nitrogens with one attached hydrogen (secondary N) is 1. The normalized spacial score (nSPS) is 8.79. The van der Waals surface area contributed by atoms with Crippen LogP contribution >= 0.6 is 0 Å². The van der Waals surface area contributed by atoms with Crippen molar-refractivity contribution in [2.45, 2.75) is 12.8 Å². The highest BCUT2D eigenvalue weighted by Crippen LogP contribution is 2.13. The molecule has 5 nitrogen and oxygen atoms in total. The van der Waals surface area contributed by atoms with Gasteiger partial charge in [0.2, 0.25) is 0 Å². The molecule has 96 valence electrons. The first-order valence-corrected chi connectivity index (χ1v) is 5.62. The summed E-state index contributed by atoms with van der Waals surface area (Å²) < 4.78 is 4.57. The van der Waals surface area contributed by atoms with E-state index in [1.54, 1.807) is 12.1 Å². The highest BCUT2D eigenvalue weighted by molar-refractivity contribution is 5.69. The van der Waals surface area contributed by atoms with Crippen LogP contribution in [0.2, 0.25) is 0 Å². The Morgan fingerprint density at radius 1 is 1.42 bits per heavy atom. The minimum absolute atomic E-state index is 0.0000335. The lowest BCUT2D eigenvalue weighted by Gasteiger charge is -2.04. The molecule has 0 bridgehead atoms. The maximum atomic E-state index is 11.0. The van der Waals surface area contributed by atoms with Gasteiger partial charge in [-0.25, -0.2) is 0 Å². The Labute approximate surface area is 111 Å². The Morgan fingerprint density at radius 3 is 2.79 bits per heavy atom. The van der Waals surface area contributed by atoms with E-state index in [4.69, 9.17) is 10.5 Å². The fraction of sp³-hybridized carbons (Fsp3) is 0.214. The van der Waals surface area contributed by atoms with Crippen LogP contribution in [0.15, 0.2) is 36.0 Å². The molecule has 0 aliphatic heterocycles. The van der Waals surface area contributed by atoms with Gasteiger partial charge in [0, 0.05) is 18.3 Å². The molecule has 1 aromatic carbocycles. The molecule has 0 atom stereocenters. The molecule has 0 fully saturated rings. The van der Waals surface area contributed by atoms with Gasteiger partial charge in [-0.1, -0.05) is 12.1 Å². The van der Waals surface area contributed by atoms with E-state index >= 15 is 0 Å². The largest absolute Gasteiger partial charge is 0.469 e. The second-order valence-corrected chi connectivity index (χ2v) is 3.70. The van der Waals surface area contributed by atoms with Crippen molar-refractivity contribution in [2.24, 2.45) is 0 Å². The highest BCUT2D eigenvalue weighted by Gasteiger charge is 2.02. The quantitative estimate of drug-likeness (QED) is 0.643. The van der Waals surface area contributed by atoms with Crippen LogP contribution < -0.4 is 5.32 Å². The van der Waals surface area contributed by atoms with Crippen LogP contribution in [0, 0.1) is 22.7 Å². The van der Waals surface area contributed by atoms with Crippen molar-refractivity contribution < 1.29 is 9.53 Å². The van der Waals surface area contributed by atoms with Crippen molar-refractivity contribution in [3.05, 3.63) is 41.6 Å². The number of nitriles is 2.